The lowest BCUT2D eigenvalue weighted by Gasteiger charge is -2.12. The highest BCUT2D eigenvalue weighted by Gasteiger charge is 2.26. The molecule has 0 saturated heterocycles. The second-order valence-electron chi connectivity index (χ2n) is 3.27. The Labute approximate surface area is 93.1 Å². The highest BCUT2D eigenvalue weighted by Crippen LogP contribution is 2.37. The van der Waals surface area contributed by atoms with E-state index in [-0.39, 0.29) is 6.04 Å². The van der Waals surface area contributed by atoms with Gasteiger partial charge in [-0.15, -0.1) is 0 Å². The molecule has 15 heavy (non-hydrogen) atoms. The molecule has 1 aliphatic rings. The van der Waals surface area contributed by atoms with Crippen molar-refractivity contribution in [1.29, 1.82) is 0 Å². The smallest absolute Gasteiger partial charge is 0.188 e. The minimum atomic E-state index is -0.0163. The third-order valence-corrected chi connectivity index (χ3v) is 2.66. The predicted molar refractivity (Wildman–Crippen MR) is 60.4 cm³/mol. The van der Waals surface area contributed by atoms with Gasteiger partial charge < -0.3 is 15.8 Å². The Bertz CT molecular complexity index is 406. The molecule has 1 unspecified atom stereocenters. The highest BCUT2D eigenvalue weighted by atomic mass is 35.5. The van der Waals surface area contributed by atoms with Crippen molar-refractivity contribution in [3.8, 4) is 5.75 Å². The number of guanidine groups is 1. The molecule has 0 radical (unpaired) electrons. The Morgan fingerprint density at radius 3 is 3.20 bits per heavy atom. The van der Waals surface area contributed by atoms with Crippen molar-refractivity contribution in [2.75, 3.05) is 13.7 Å². The molecule has 0 bridgehead atoms. The van der Waals surface area contributed by atoms with E-state index in [1.807, 2.05) is 18.2 Å². The first-order valence-corrected chi connectivity index (χ1v) is 5.00. The number of hydrogen-bond acceptors (Lipinski definition) is 2. The van der Waals surface area contributed by atoms with E-state index < -0.39 is 0 Å². The van der Waals surface area contributed by atoms with Crippen molar-refractivity contribution in [2.45, 2.75) is 6.04 Å². The molecule has 1 aliphatic heterocycles. The summed E-state index contributed by atoms with van der Waals surface area (Å²) in [5.74, 6) is 1.19. The van der Waals surface area contributed by atoms with Crippen LogP contribution in [0.4, 0.5) is 0 Å². The minimum Gasteiger partial charge on any atom is -0.491 e. The van der Waals surface area contributed by atoms with Gasteiger partial charge in [0.15, 0.2) is 5.96 Å². The summed E-state index contributed by atoms with van der Waals surface area (Å²) < 4.78 is 5.48. The van der Waals surface area contributed by atoms with Gasteiger partial charge in [-0.1, -0.05) is 17.7 Å². The summed E-state index contributed by atoms with van der Waals surface area (Å²) in [6.07, 6.45) is 0. The summed E-state index contributed by atoms with van der Waals surface area (Å²) in [7, 11) is 1.63. The average Bonchev–Trinajstić information content (AvgIpc) is 2.63. The summed E-state index contributed by atoms with van der Waals surface area (Å²) >= 11 is 6.09. The van der Waals surface area contributed by atoms with Crippen LogP contribution in [-0.4, -0.2) is 19.6 Å². The van der Waals surface area contributed by atoms with E-state index in [0.29, 0.717) is 17.6 Å². The molecule has 0 fully saturated rings. The third-order valence-electron chi connectivity index (χ3n) is 2.33. The van der Waals surface area contributed by atoms with Crippen molar-refractivity contribution in [3.05, 3.63) is 28.8 Å². The molecule has 0 aliphatic carbocycles. The Kier molecular flexibility index (Phi) is 2.68. The number of halogens is 1. The summed E-state index contributed by atoms with van der Waals surface area (Å²) in [6, 6.07) is 5.57. The summed E-state index contributed by atoms with van der Waals surface area (Å²) in [5.41, 5.74) is 6.55. The second kappa shape index (κ2) is 3.98. The molecule has 0 aromatic heterocycles. The van der Waals surface area contributed by atoms with E-state index >= 15 is 0 Å². The van der Waals surface area contributed by atoms with E-state index in [1.165, 1.54) is 0 Å². The molecule has 5 heteroatoms. The van der Waals surface area contributed by atoms with E-state index in [9.17, 15) is 0 Å². The van der Waals surface area contributed by atoms with Crippen molar-refractivity contribution in [1.82, 2.24) is 5.32 Å². The molecule has 1 aromatic rings. The van der Waals surface area contributed by atoms with Gasteiger partial charge in [-0.3, -0.25) is 4.99 Å². The van der Waals surface area contributed by atoms with Crippen LogP contribution in [0.5, 0.6) is 5.75 Å². The Morgan fingerprint density at radius 1 is 1.67 bits per heavy atom. The van der Waals surface area contributed by atoms with Gasteiger partial charge in [-0.2, -0.15) is 0 Å². The van der Waals surface area contributed by atoms with Crippen LogP contribution < -0.4 is 15.8 Å². The first kappa shape index (κ1) is 10.1. The van der Waals surface area contributed by atoms with E-state index in [4.69, 9.17) is 22.1 Å². The molecule has 0 amide bonds. The molecule has 4 nitrogen and oxygen atoms in total. The number of nitrogens with two attached hydrogens (primary N) is 1. The van der Waals surface area contributed by atoms with Crippen LogP contribution in [0, 0.1) is 0 Å². The number of aliphatic imine (C=N–C) groups is 1. The number of benzene rings is 1. The van der Waals surface area contributed by atoms with Crippen LogP contribution in [0.25, 0.3) is 0 Å². The van der Waals surface area contributed by atoms with Gasteiger partial charge in [0.1, 0.15) is 12.4 Å². The van der Waals surface area contributed by atoms with Crippen molar-refractivity contribution < 1.29 is 4.74 Å². The van der Waals surface area contributed by atoms with Crippen molar-refractivity contribution >= 4 is 17.6 Å². The average molecular weight is 226 g/mol. The molecule has 1 heterocycles. The van der Waals surface area contributed by atoms with Crippen LogP contribution in [0.15, 0.2) is 23.2 Å². The fourth-order valence-electron chi connectivity index (χ4n) is 1.59. The molecule has 0 spiro atoms. The first-order chi connectivity index (χ1) is 7.22. The predicted octanol–water partition coefficient (Wildman–Crippen LogP) is 1.31. The van der Waals surface area contributed by atoms with Gasteiger partial charge in [0.2, 0.25) is 0 Å². The van der Waals surface area contributed by atoms with E-state index in [1.54, 1.807) is 7.05 Å². The van der Waals surface area contributed by atoms with Gasteiger partial charge in [0, 0.05) is 17.6 Å². The Morgan fingerprint density at radius 2 is 2.47 bits per heavy atom. The van der Waals surface area contributed by atoms with Gasteiger partial charge >= 0.3 is 0 Å². The lowest BCUT2D eigenvalue weighted by Crippen LogP contribution is -2.35. The molecule has 1 atom stereocenters. The quantitative estimate of drug-likeness (QED) is 0.560. The minimum absolute atomic E-state index is 0.0163. The SMILES string of the molecule is CN=C(N)NC1COc2cccc(Cl)c21. The first-order valence-electron chi connectivity index (χ1n) is 4.62. The standard InChI is InChI=1S/C10H12ClN3O/c1-13-10(12)14-7-5-15-8-4-2-3-6(11)9(7)8/h2-4,7H,5H2,1H3,(H3,12,13,14). The normalized spacial score (nSPS) is 19.6. The summed E-state index contributed by atoms with van der Waals surface area (Å²) in [4.78, 5) is 3.84. The lowest BCUT2D eigenvalue weighted by atomic mass is 10.1. The zero-order chi connectivity index (χ0) is 10.8. The maximum Gasteiger partial charge on any atom is 0.188 e. The van der Waals surface area contributed by atoms with Crippen LogP contribution in [-0.2, 0) is 0 Å². The zero-order valence-electron chi connectivity index (χ0n) is 8.33. The Balaban J connectivity index is 2.28. The fraction of sp³-hybridized carbons (Fsp3) is 0.300. The molecular weight excluding hydrogens is 214 g/mol. The molecule has 80 valence electrons. The summed E-state index contributed by atoms with van der Waals surface area (Å²) in [6.45, 7) is 0.523. The number of fused-ring (bicyclic) bond motifs is 1. The monoisotopic (exact) mass is 225 g/mol. The largest absolute Gasteiger partial charge is 0.491 e. The molecule has 1 aromatic carbocycles. The van der Waals surface area contributed by atoms with Gasteiger partial charge in [-0.05, 0) is 12.1 Å². The van der Waals surface area contributed by atoms with E-state index in [2.05, 4.69) is 10.3 Å². The van der Waals surface area contributed by atoms with Crippen LogP contribution in [0.2, 0.25) is 5.02 Å². The van der Waals surface area contributed by atoms with Crippen LogP contribution in [0.1, 0.15) is 11.6 Å². The maximum absolute atomic E-state index is 6.09. The van der Waals surface area contributed by atoms with Gasteiger partial charge in [0.05, 0.1) is 6.04 Å². The third kappa shape index (κ3) is 1.85. The van der Waals surface area contributed by atoms with Crippen LogP contribution >= 0.6 is 11.6 Å². The molecule has 0 saturated carbocycles. The van der Waals surface area contributed by atoms with Crippen molar-refractivity contribution in [2.24, 2.45) is 10.7 Å². The molecule has 2 rings (SSSR count). The number of ether oxygens (including phenoxy) is 1. The zero-order valence-corrected chi connectivity index (χ0v) is 9.08. The fourth-order valence-corrected chi connectivity index (χ4v) is 1.89. The van der Waals surface area contributed by atoms with Gasteiger partial charge in [0.25, 0.3) is 0 Å². The topological polar surface area (TPSA) is 59.6 Å². The number of rotatable bonds is 1. The maximum atomic E-state index is 6.09. The highest BCUT2D eigenvalue weighted by molar-refractivity contribution is 6.31. The Hall–Kier alpha value is -1.42. The summed E-state index contributed by atoms with van der Waals surface area (Å²) in [5, 5.41) is 3.73. The number of nitrogens with zero attached hydrogens (tertiary/aromatic N) is 1. The number of hydrogen-bond donors (Lipinski definition) is 2. The van der Waals surface area contributed by atoms with Crippen molar-refractivity contribution in [3.63, 3.8) is 0 Å². The number of nitrogens with one attached hydrogen (secondary N) is 1. The lowest BCUT2D eigenvalue weighted by molar-refractivity contribution is 0.324. The van der Waals surface area contributed by atoms with Crippen LogP contribution in [0.3, 0.4) is 0 Å². The molecule has 3 N–H and O–H groups in total. The molecular formula is C10H12ClN3O. The van der Waals surface area contributed by atoms with Gasteiger partial charge in [-0.25, -0.2) is 0 Å². The second-order valence-corrected chi connectivity index (χ2v) is 3.68. The van der Waals surface area contributed by atoms with E-state index in [0.717, 1.165) is 11.3 Å².